The first-order chi connectivity index (χ1) is 8.51. The summed E-state index contributed by atoms with van der Waals surface area (Å²) >= 11 is 5.83. The van der Waals surface area contributed by atoms with Gasteiger partial charge in [0.25, 0.3) is 6.43 Å². The fraction of sp³-hybridized carbons (Fsp3) is 0.455. The maximum absolute atomic E-state index is 12.6. The summed E-state index contributed by atoms with van der Waals surface area (Å²) in [6.45, 7) is 1.92. The van der Waals surface area contributed by atoms with Crippen molar-refractivity contribution in [2.75, 3.05) is 6.61 Å². The van der Waals surface area contributed by atoms with Gasteiger partial charge in [0.15, 0.2) is 0 Å². The molecule has 2 N–H and O–H groups in total. The largest absolute Gasteiger partial charge is 0.466 e. The summed E-state index contributed by atoms with van der Waals surface area (Å²) in [5.41, 5.74) is 5.62. The number of halogens is 3. The third-order valence-electron chi connectivity index (χ3n) is 2.29. The minimum atomic E-state index is -2.80. The standard InChI is InChI=1S/C11H13ClF2N2O2/c1-2-18-8(17)3-7-6(4-15)5-16-10(9(7)12)11(13)14/h5,11H,2-4,15H2,1H3. The zero-order valence-electron chi connectivity index (χ0n) is 9.75. The molecule has 100 valence electrons. The fourth-order valence-corrected chi connectivity index (χ4v) is 1.77. The summed E-state index contributed by atoms with van der Waals surface area (Å²) in [4.78, 5) is 14.9. The SMILES string of the molecule is CCOC(=O)Cc1c(CN)cnc(C(F)F)c1Cl. The molecule has 0 saturated heterocycles. The van der Waals surface area contributed by atoms with E-state index in [1.165, 1.54) is 6.20 Å². The van der Waals surface area contributed by atoms with Crippen LogP contribution in [-0.4, -0.2) is 17.6 Å². The van der Waals surface area contributed by atoms with E-state index in [9.17, 15) is 13.6 Å². The molecule has 1 aromatic heterocycles. The van der Waals surface area contributed by atoms with Crippen LogP contribution in [0.15, 0.2) is 6.20 Å². The molecule has 0 atom stereocenters. The number of nitrogens with two attached hydrogens (primary N) is 1. The van der Waals surface area contributed by atoms with Crippen LogP contribution in [0.25, 0.3) is 0 Å². The van der Waals surface area contributed by atoms with E-state index in [0.717, 1.165) is 0 Å². The van der Waals surface area contributed by atoms with Crippen LogP contribution in [0, 0.1) is 0 Å². The van der Waals surface area contributed by atoms with Crippen LogP contribution in [0.3, 0.4) is 0 Å². The average Bonchev–Trinajstić information content (AvgIpc) is 2.31. The first kappa shape index (κ1) is 14.8. The lowest BCUT2D eigenvalue weighted by atomic mass is 10.1. The van der Waals surface area contributed by atoms with Crippen LogP contribution in [0.5, 0.6) is 0 Å². The lowest BCUT2D eigenvalue weighted by Gasteiger charge is -2.12. The predicted octanol–water partition coefficient (Wildman–Crippen LogP) is 2.24. The number of hydrogen-bond acceptors (Lipinski definition) is 4. The van der Waals surface area contributed by atoms with E-state index in [1.807, 2.05) is 0 Å². The second-order valence-electron chi connectivity index (χ2n) is 3.45. The van der Waals surface area contributed by atoms with Gasteiger partial charge in [0, 0.05) is 12.7 Å². The lowest BCUT2D eigenvalue weighted by Crippen LogP contribution is -2.13. The molecule has 0 aliphatic rings. The maximum atomic E-state index is 12.6. The zero-order chi connectivity index (χ0) is 13.7. The second kappa shape index (κ2) is 6.61. The first-order valence-electron chi connectivity index (χ1n) is 5.31. The average molecular weight is 279 g/mol. The minimum Gasteiger partial charge on any atom is -0.466 e. The van der Waals surface area contributed by atoms with E-state index >= 15 is 0 Å². The summed E-state index contributed by atoms with van der Waals surface area (Å²) in [7, 11) is 0. The molecule has 1 heterocycles. The van der Waals surface area contributed by atoms with Gasteiger partial charge in [0.1, 0.15) is 5.69 Å². The van der Waals surface area contributed by atoms with Crippen LogP contribution >= 0.6 is 11.6 Å². The Bertz CT molecular complexity index is 441. The molecule has 4 nitrogen and oxygen atoms in total. The Hall–Kier alpha value is -1.27. The summed E-state index contributed by atoms with van der Waals surface area (Å²) in [6, 6.07) is 0. The maximum Gasteiger partial charge on any atom is 0.310 e. The molecule has 0 aliphatic heterocycles. The van der Waals surface area contributed by atoms with Crippen LogP contribution in [0.2, 0.25) is 5.02 Å². The first-order valence-corrected chi connectivity index (χ1v) is 5.69. The van der Waals surface area contributed by atoms with Crippen molar-refractivity contribution < 1.29 is 18.3 Å². The Morgan fingerprint density at radius 1 is 1.61 bits per heavy atom. The number of ether oxygens (including phenoxy) is 1. The van der Waals surface area contributed by atoms with Crippen LogP contribution < -0.4 is 5.73 Å². The van der Waals surface area contributed by atoms with Gasteiger partial charge in [-0.3, -0.25) is 9.78 Å². The van der Waals surface area contributed by atoms with E-state index in [2.05, 4.69) is 4.98 Å². The van der Waals surface area contributed by atoms with E-state index in [4.69, 9.17) is 22.1 Å². The topological polar surface area (TPSA) is 65.2 Å². The van der Waals surface area contributed by atoms with Crippen LogP contribution in [0.4, 0.5) is 8.78 Å². The van der Waals surface area contributed by atoms with E-state index in [1.54, 1.807) is 6.92 Å². The number of hydrogen-bond donors (Lipinski definition) is 1. The monoisotopic (exact) mass is 278 g/mol. The quantitative estimate of drug-likeness (QED) is 0.839. The fourth-order valence-electron chi connectivity index (χ4n) is 1.45. The van der Waals surface area contributed by atoms with Gasteiger partial charge in [-0.15, -0.1) is 0 Å². The third kappa shape index (κ3) is 3.36. The molecule has 0 bridgehead atoms. The van der Waals surface area contributed by atoms with Crippen molar-refractivity contribution in [2.45, 2.75) is 26.3 Å². The molecule has 18 heavy (non-hydrogen) atoms. The Labute approximate surface area is 108 Å². The normalized spacial score (nSPS) is 10.8. The van der Waals surface area contributed by atoms with E-state index in [-0.39, 0.29) is 30.2 Å². The number of aromatic nitrogens is 1. The van der Waals surface area contributed by atoms with Gasteiger partial charge < -0.3 is 10.5 Å². The Morgan fingerprint density at radius 2 is 2.28 bits per heavy atom. The van der Waals surface area contributed by atoms with Crippen LogP contribution in [0.1, 0.15) is 30.2 Å². The van der Waals surface area contributed by atoms with E-state index in [0.29, 0.717) is 5.56 Å². The molecule has 0 fully saturated rings. The van der Waals surface area contributed by atoms with E-state index < -0.39 is 18.1 Å². The number of esters is 1. The van der Waals surface area contributed by atoms with Gasteiger partial charge >= 0.3 is 5.97 Å². The molecular weight excluding hydrogens is 266 g/mol. The van der Waals surface area contributed by atoms with Crippen molar-refractivity contribution in [2.24, 2.45) is 5.73 Å². The summed E-state index contributed by atoms with van der Waals surface area (Å²) in [6.07, 6.45) is -1.78. The molecule has 0 saturated carbocycles. The molecule has 0 unspecified atom stereocenters. The highest BCUT2D eigenvalue weighted by molar-refractivity contribution is 6.32. The van der Waals surface area contributed by atoms with Crippen molar-refractivity contribution >= 4 is 17.6 Å². The van der Waals surface area contributed by atoms with Crippen molar-refractivity contribution in [3.8, 4) is 0 Å². The highest BCUT2D eigenvalue weighted by atomic mass is 35.5. The van der Waals surface area contributed by atoms with Gasteiger partial charge in [0.2, 0.25) is 0 Å². The minimum absolute atomic E-state index is 0.0605. The number of carbonyl (C=O) groups excluding carboxylic acids is 1. The molecule has 0 spiro atoms. The van der Waals surface area contributed by atoms with Gasteiger partial charge in [-0.2, -0.15) is 0 Å². The molecule has 0 aliphatic carbocycles. The van der Waals surface area contributed by atoms with Crippen LogP contribution in [-0.2, 0) is 22.5 Å². The highest BCUT2D eigenvalue weighted by Gasteiger charge is 2.21. The Kier molecular flexibility index (Phi) is 5.43. The summed E-state index contributed by atoms with van der Waals surface area (Å²) in [5.74, 6) is -0.541. The molecule has 1 rings (SSSR count). The van der Waals surface area contributed by atoms with Crippen molar-refractivity contribution in [1.82, 2.24) is 4.98 Å². The predicted molar refractivity (Wildman–Crippen MR) is 62.4 cm³/mol. The summed E-state index contributed by atoms with van der Waals surface area (Å²) < 4.78 is 30.0. The number of alkyl halides is 2. The molecule has 0 aromatic carbocycles. The Balaban J connectivity index is 3.13. The number of pyridine rings is 1. The molecule has 0 radical (unpaired) electrons. The smallest absolute Gasteiger partial charge is 0.310 e. The molecular formula is C11H13ClF2N2O2. The third-order valence-corrected chi connectivity index (χ3v) is 2.71. The van der Waals surface area contributed by atoms with Crippen molar-refractivity contribution in [3.05, 3.63) is 28.0 Å². The van der Waals surface area contributed by atoms with Gasteiger partial charge in [0.05, 0.1) is 18.1 Å². The second-order valence-corrected chi connectivity index (χ2v) is 3.83. The molecule has 0 amide bonds. The number of rotatable bonds is 5. The molecule has 7 heteroatoms. The number of nitrogens with zero attached hydrogens (tertiary/aromatic N) is 1. The lowest BCUT2D eigenvalue weighted by molar-refractivity contribution is -0.142. The van der Waals surface area contributed by atoms with Gasteiger partial charge in [-0.05, 0) is 18.1 Å². The molecule has 1 aromatic rings. The van der Waals surface area contributed by atoms with Crippen molar-refractivity contribution in [3.63, 3.8) is 0 Å². The Morgan fingerprint density at radius 3 is 2.78 bits per heavy atom. The zero-order valence-corrected chi connectivity index (χ0v) is 10.5. The van der Waals surface area contributed by atoms with Gasteiger partial charge in [-0.1, -0.05) is 11.6 Å². The number of carbonyl (C=O) groups is 1. The van der Waals surface area contributed by atoms with Gasteiger partial charge in [-0.25, -0.2) is 8.78 Å². The van der Waals surface area contributed by atoms with Crippen molar-refractivity contribution in [1.29, 1.82) is 0 Å². The highest BCUT2D eigenvalue weighted by Crippen LogP contribution is 2.30. The summed E-state index contributed by atoms with van der Waals surface area (Å²) in [5, 5.41) is -0.221.